The highest BCUT2D eigenvalue weighted by Crippen LogP contribution is 2.27. The number of amides is 1. The van der Waals surface area contributed by atoms with Crippen LogP contribution in [0.1, 0.15) is 24.2 Å². The molecule has 23 heavy (non-hydrogen) atoms. The number of carbonyl (C=O) groups excluding carboxylic acids is 1. The van der Waals surface area contributed by atoms with E-state index in [1.807, 2.05) is 67.6 Å². The average molecular weight is 341 g/mol. The molecule has 2 aromatic carbocycles. The number of thiocarbonyl (C=S) groups is 1. The number of nitrogens with one attached hydrogen (secondary N) is 1. The lowest BCUT2D eigenvalue weighted by molar-refractivity contribution is -0.115. The largest absolute Gasteiger partial charge is 0.486 e. The molecule has 3 rings (SSSR count). The molecule has 1 unspecified atom stereocenters. The molecule has 0 bridgehead atoms. The monoisotopic (exact) mass is 341 g/mol. The lowest BCUT2D eigenvalue weighted by Crippen LogP contribution is -2.17. The Kier molecular flexibility index (Phi) is 4.79. The highest BCUT2D eigenvalue weighted by Gasteiger charge is 2.21. The van der Waals surface area contributed by atoms with Crippen LogP contribution < -0.4 is 10.1 Å². The standard InChI is InChI=1S/C18H15NO2S2/c1-12(14-5-3-2-4-6-14)21-15-9-7-13(8-10-15)11-16-17(20)19-18(22)23-16/h2-12H,1H3,(H,19,20,22)/b16-11-. The number of rotatable bonds is 4. The van der Waals surface area contributed by atoms with Gasteiger partial charge in [-0.1, -0.05) is 66.4 Å². The number of hydrogen-bond donors (Lipinski definition) is 1. The predicted molar refractivity (Wildman–Crippen MR) is 98.2 cm³/mol. The summed E-state index contributed by atoms with van der Waals surface area (Å²) in [4.78, 5) is 12.3. The lowest BCUT2D eigenvalue weighted by Gasteiger charge is -2.15. The van der Waals surface area contributed by atoms with Gasteiger partial charge in [0.05, 0.1) is 4.91 Å². The summed E-state index contributed by atoms with van der Waals surface area (Å²) in [6.07, 6.45) is 1.80. The van der Waals surface area contributed by atoms with Gasteiger partial charge in [0.1, 0.15) is 16.2 Å². The summed E-state index contributed by atoms with van der Waals surface area (Å²) in [5.74, 6) is 0.653. The van der Waals surface area contributed by atoms with Crippen molar-refractivity contribution in [2.24, 2.45) is 0 Å². The third kappa shape index (κ3) is 4.00. The second kappa shape index (κ2) is 6.98. The van der Waals surface area contributed by atoms with Crippen LogP contribution in [0.2, 0.25) is 0 Å². The number of benzene rings is 2. The van der Waals surface area contributed by atoms with Gasteiger partial charge in [-0.15, -0.1) is 0 Å². The Balaban J connectivity index is 1.69. The topological polar surface area (TPSA) is 38.3 Å². The van der Waals surface area contributed by atoms with Gasteiger partial charge in [-0.25, -0.2) is 0 Å². The Morgan fingerprint density at radius 3 is 2.43 bits per heavy atom. The first-order chi connectivity index (χ1) is 11.1. The first-order valence-corrected chi connectivity index (χ1v) is 8.41. The minimum Gasteiger partial charge on any atom is -0.486 e. The van der Waals surface area contributed by atoms with E-state index >= 15 is 0 Å². The number of carbonyl (C=O) groups is 1. The van der Waals surface area contributed by atoms with Crippen molar-refractivity contribution in [3.05, 3.63) is 70.6 Å². The highest BCUT2D eigenvalue weighted by molar-refractivity contribution is 8.26. The maximum absolute atomic E-state index is 11.6. The van der Waals surface area contributed by atoms with E-state index in [2.05, 4.69) is 5.32 Å². The van der Waals surface area contributed by atoms with Gasteiger partial charge >= 0.3 is 0 Å². The zero-order valence-electron chi connectivity index (χ0n) is 12.5. The van der Waals surface area contributed by atoms with E-state index < -0.39 is 0 Å². The fourth-order valence-electron chi connectivity index (χ4n) is 2.21. The van der Waals surface area contributed by atoms with Crippen LogP contribution in [0.5, 0.6) is 5.75 Å². The third-order valence-electron chi connectivity index (χ3n) is 3.40. The molecule has 1 amide bonds. The maximum atomic E-state index is 11.6. The van der Waals surface area contributed by atoms with Gasteiger partial charge in [0.2, 0.25) is 0 Å². The summed E-state index contributed by atoms with van der Waals surface area (Å²) in [6, 6.07) is 17.7. The van der Waals surface area contributed by atoms with Gasteiger partial charge in [-0.05, 0) is 36.3 Å². The molecule has 1 aliphatic heterocycles. The van der Waals surface area contributed by atoms with Crippen molar-refractivity contribution in [1.82, 2.24) is 5.32 Å². The molecule has 0 saturated carbocycles. The number of ether oxygens (including phenoxy) is 1. The van der Waals surface area contributed by atoms with E-state index in [4.69, 9.17) is 17.0 Å². The van der Waals surface area contributed by atoms with Gasteiger partial charge in [0.25, 0.3) is 5.91 Å². The third-order valence-corrected chi connectivity index (χ3v) is 4.56. The van der Waals surface area contributed by atoms with Crippen molar-refractivity contribution < 1.29 is 9.53 Å². The van der Waals surface area contributed by atoms with E-state index in [0.717, 1.165) is 16.9 Å². The number of thioether (sulfide) groups is 1. The van der Waals surface area contributed by atoms with Gasteiger partial charge < -0.3 is 10.1 Å². The molecule has 1 heterocycles. The molecule has 1 N–H and O–H groups in total. The van der Waals surface area contributed by atoms with Gasteiger partial charge in [-0.2, -0.15) is 0 Å². The lowest BCUT2D eigenvalue weighted by atomic mass is 10.1. The summed E-state index contributed by atoms with van der Waals surface area (Å²) in [6.45, 7) is 2.02. The Morgan fingerprint density at radius 2 is 1.83 bits per heavy atom. The van der Waals surface area contributed by atoms with Crippen molar-refractivity contribution in [3.8, 4) is 5.75 Å². The van der Waals surface area contributed by atoms with E-state index in [1.165, 1.54) is 11.8 Å². The number of hydrogen-bond acceptors (Lipinski definition) is 4. The summed E-state index contributed by atoms with van der Waals surface area (Å²) in [5, 5.41) is 2.61. The Hall–Kier alpha value is -2.11. The van der Waals surface area contributed by atoms with Crippen molar-refractivity contribution >= 4 is 40.3 Å². The molecule has 0 radical (unpaired) electrons. The average Bonchev–Trinajstić information content (AvgIpc) is 2.87. The van der Waals surface area contributed by atoms with Crippen molar-refractivity contribution in [2.75, 3.05) is 0 Å². The first kappa shape index (κ1) is 15.8. The SMILES string of the molecule is CC(Oc1ccc(/C=C2\SC(=S)NC2=O)cc1)c1ccccc1. The van der Waals surface area contributed by atoms with Crippen LogP contribution in [0.4, 0.5) is 0 Å². The van der Waals surface area contributed by atoms with E-state index in [-0.39, 0.29) is 12.0 Å². The van der Waals surface area contributed by atoms with Crippen molar-refractivity contribution in [3.63, 3.8) is 0 Å². The van der Waals surface area contributed by atoms with Crippen LogP contribution >= 0.6 is 24.0 Å². The maximum Gasteiger partial charge on any atom is 0.263 e. The molecule has 3 nitrogen and oxygen atoms in total. The van der Waals surface area contributed by atoms with Gasteiger partial charge in [-0.3, -0.25) is 4.79 Å². The first-order valence-electron chi connectivity index (χ1n) is 7.18. The Labute approximate surface area is 144 Å². The fourth-order valence-corrected chi connectivity index (χ4v) is 3.26. The zero-order valence-corrected chi connectivity index (χ0v) is 14.1. The van der Waals surface area contributed by atoms with Crippen LogP contribution in [-0.4, -0.2) is 10.2 Å². The summed E-state index contributed by atoms with van der Waals surface area (Å²) in [5.41, 5.74) is 2.07. The summed E-state index contributed by atoms with van der Waals surface area (Å²) < 4.78 is 6.44. The molecule has 1 aliphatic rings. The zero-order chi connectivity index (χ0) is 16.2. The quantitative estimate of drug-likeness (QED) is 0.664. The predicted octanol–water partition coefficient (Wildman–Crippen LogP) is 4.32. The van der Waals surface area contributed by atoms with Crippen LogP contribution in [0.25, 0.3) is 6.08 Å². The Morgan fingerprint density at radius 1 is 1.13 bits per heavy atom. The van der Waals surface area contributed by atoms with Crippen LogP contribution in [0.3, 0.4) is 0 Å². The van der Waals surface area contributed by atoms with Gasteiger partial charge in [0.15, 0.2) is 0 Å². The highest BCUT2D eigenvalue weighted by atomic mass is 32.2. The van der Waals surface area contributed by atoms with E-state index in [1.54, 1.807) is 0 Å². The fraction of sp³-hybridized carbons (Fsp3) is 0.111. The second-order valence-electron chi connectivity index (χ2n) is 5.09. The minimum atomic E-state index is -0.141. The molecule has 1 atom stereocenters. The molecular formula is C18H15NO2S2. The van der Waals surface area contributed by atoms with Gasteiger partial charge in [0, 0.05) is 0 Å². The van der Waals surface area contributed by atoms with E-state index in [9.17, 15) is 4.79 Å². The van der Waals surface area contributed by atoms with Crippen LogP contribution in [0.15, 0.2) is 59.5 Å². The van der Waals surface area contributed by atoms with Crippen molar-refractivity contribution in [1.29, 1.82) is 0 Å². The molecular weight excluding hydrogens is 326 g/mol. The summed E-state index contributed by atoms with van der Waals surface area (Å²) >= 11 is 6.26. The molecule has 0 aromatic heterocycles. The molecule has 0 spiro atoms. The minimum absolute atomic E-state index is 0.0195. The molecule has 116 valence electrons. The molecule has 0 aliphatic carbocycles. The Bertz CT molecular complexity index is 754. The molecule has 2 aromatic rings. The summed E-state index contributed by atoms with van der Waals surface area (Å²) in [7, 11) is 0. The normalized spacial score (nSPS) is 17.2. The molecule has 1 fully saturated rings. The van der Waals surface area contributed by atoms with E-state index in [0.29, 0.717) is 9.23 Å². The van der Waals surface area contributed by atoms with Crippen molar-refractivity contribution in [2.45, 2.75) is 13.0 Å². The molecule has 1 saturated heterocycles. The van der Waals surface area contributed by atoms with Crippen LogP contribution in [0, 0.1) is 0 Å². The second-order valence-corrected chi connectivity index (χ2v) is 6.81. The molecule has 5 heteroatoms. The van der Waals surface area contributed by atoms with Crippen LogP contribution in [-0.2, 0) is 4.79 Å². The smallest absolute Gasteiger partial charge is 0.263 e.